The second-order valence-electron chi connectivity index (χ2n) is 4.80. The first-order valence-corrected chi connectivity index (χ1v) is 7.88. The molecule has 2 N–H and O–H groups in total. The zero-order chi connectivity index (χ0) is 14.2. The number of nitrogens with two attached hydrogens (primary N) is 1. The van der Waals surface area contributed by atoms with Crippen LogP contribution in [-0.2, 0) is 10.0 Å². The van der Waals surface area contributed by atoms with Crippen LogP contribution in [0.1, 0.15) is 19.8 Å². The van der Waals surface area contributed by atoms with Gasteiger partial charge in [0.25, 0.3) is 0 Å². The van der Waals surface area contributed by atoms with Crippen molar-refractivity contribution in [3.05, 3.63) is 29.0 Å². The van der Waals surface area contributed by atoms with Crippen LogP contribution in [0, 0.1) is 11.7 Å². The Morgan fingerprint density at radius 3 is 2.84 bits per heavy atom. The van der Waals surface area contributed by atoms with E-state index >= 15 is 0 Å². The molecule has 1 aromatic rings. The number of hydrogen-bond acceptors (Lipinski definition) is 3. The summed E-state index contributed by atoms with van der Waals surface area (Å²) in [5, 5.41) is 0.00632. The van der Waals surface area contributed by atoms with Gasteiger partial charge in [0.1, 0.15) is 10.7 Å². The number of piperidine rings is 1. The minimum absolute atomic E-state index is 0.00632. The van der Waals surface area contributed by atoms with Gasteiger partial charge in [0.2, 0.25) is 10.0 Å². The third-order valence-electron chi connectivity index (χ3n) is 3.43. The lowest BCUT2D eigenvalue weighted by Crippen LogP contribution is -2.52. The number of benzene rings is 1. The molecule has 1 saturated heterocycles. The van der Waals surface area contributed by atoms with Gasteiger partial charge in [-0.15, -0.1) is 0 Å². The van der Waals surface area contributed by atoms with Crippen LogP contribution in [-0.4, -0.2) is 25.4 Å². The zero-order valence-electron chi connectivity index (χ0n) is 10.5. The zero-order valence-corrected chi connectivity index (χ0v) is 12.1. The molecular weight excluding hydrogens is 291 g/mol. The number of halogens is 2. The topological polar surface area (TPSA) is 63.4 Å². The summed E-state index contributed by atoms with van der Waals surface area (Å²) in [6, 6.07) is 3.30. The number of rotatable bonds is 2. The predicted octanol–water partition coefficient (Wildman–Crippen LogP) is 2.18. The van der Waals surface area contributed by atoms with E-state index in [0.717, 1.165) is 25.0 Å². The molecule has 1 heterocycles. The Balaban J connectivity index is 2.44. The minimum Gasteiger partial charge on any atom is -0.315 e. The van der Waals surface area contributed by atoms with Gasteiger partial charge in [0, 0.05) is 6.54 Å². The molecule has 2 atom stereocenters. The van der Waals surface area contributed by atoms with E-state index in [1.54, 1.807) is 0 Å². The molecule has 0 bridgehead atoms. The van der Waals surface area contributed by atoms with Crippen molar-refractivity contribution in [1.29, 1.82) is 0 Å². The molecule has 2 unspecified atom stereocenters. The Bertz CT molecular complexity index is 579. The summed E-state index contributed by atoms with van der Waals surface area (Å²) in [4.78, 5) is -0.223. The van der Waals surface area contributed by atoms with Gasteiger partial charge in [0.15, 0.2) is 0 Å². The molecule has 1 aromatic carbocycles. The van der Waals surface area contributed by atoms with E-state index in [0.29, 0.717) is 6.54 Å². The Hall–Kier alpha value is -0.690. The molecule has 0 saturated carbocycles. The minimum atomic E-state index is -3.86. The summed E-state index contributed by atoms with van der Waals surface area (Å²) in [6.07, 6.45) is 1.02. The first-order valence-electron chi connectivity index (χ1n) is 6.06. The van der Waals surface area contributed by atoms with Crippen molar-refractivity contribution < 1.29 is 12.8 Å². The summed E-state index contributed by atoms with van der Waals surface area (Å²) >= 11 is 5.87. The normalized spacial score (nSPS) is 25.5. The summed E-state index contributed by atoms with van der Waals surface area (Å²) in [5.74, 6) is -0.572. The average molecular weight is 307 g/mol. The third-order valence-corrected chi connectivity index (χ3v) is 5.81. The van der Waals surface area contributed by atoms with Crippen LogP contribution < -0.4 is 5.73 Å². The Morgan fingerprint density at radius 2 is 2.16 bits per heavy atom. The molecule has 19 heavy (non-hydrogen) atoms. The Labute approximate surface area is 117 Å². The number of hydrogen-bond donors (Lipinski definition) is 1. The van der Waals surface area contributed by atoms with Crippen LogP contribution in [0.15, 0.2) is 23.1 Å². The van der Waals surface area contributed by atoms with Crippen molar-refractivity contribution in [3.63, 3.8) is 0 Å². The lowest BCUT2D eigenvalue weighted by Gasteiger charge is -2.36. The van der Waals surface area contributed by atoms with E-state index in [1.807, 2.05) is 6.92 Å². The maximum absolute atomic E-state index is 13.2. The highest BCUT2D eigenvalue weighted by molar-refractivity contribution is 7.89. The van der Waals surface area contributed by atoms with E-state index in [9.17, 15) is 12.8 Å². The quantitative estimate of drug-likeness (QED) is 0.911. The van der Waals surface area contributed by atoms with E-state index in [1.165, 1.54) is 10.4 Å². The first-order chi connectivity index (χ1) is 8.84. The second-order valence-corrected chi connectivity index (χ2v) is 7.07. The molecule has 1 aliphatic heterocycles. The van der Waals surface area contributed by atoms with Gasteiger partial charge in [-0.25, -0.2) is 12.8 Å². The monoisotopic (exact) mass is 306 g/mol. The molecule has 106 valence electrons. The standard InChI is InChI=1S/C12H16ClFN2O2S/c1-8-3-2-6-16(12(8)15)19(17,18)11-7-9(14)4-5-10(11)13/h4-5,7-8,12H,2-3,6,15H2,1H3. The van der Waals surface area contributed by atoms with Crippen molar-refractivity contribution in [1.82, 2.24) is 4.31 Å². The highest BCUT2D eigenvalue weighted by Crippen LogP contribution is 2.30. The van der Waals surface area contributed by atoms with E-state index in [-0.39, 0.29) is 15.8 Å². The lowest BCUT2D eigenvalue weighted by molar-refractivity contribution is 0.192. The van der Waals surface area contributed by atoms with Crippen LogP contribution in [0.25, 0.3) is 0 Å². The summed E-state index contributed by atoms with van der Waals surface area (Å²) in [7, 11) is -3.86. The molecule has 1 fully saturated rings. The largest absolute Gasteiger partial charge is 0.315 e. The maximum atomic E-state index is 13.2. The van der Waals surface area contributed by atoms with Crippen LogP contribution in [0.2, 0.25) is 5.02 Å². The summed E-state index contributed by atoms with van der Waals surface area (Å²) in [6.45, 7) is 2.24. The predicted molar refractivity (Wildman–Crippen MR) is 71.7 cm³/mol. The molecular formula is C12H16ClFN2O2S. The molecule has 0 aromatic heterocycles. The van der Waals surface area contributed by atoms with Crippen molar-refractivity contribution in [3.8, 4) is 0 Å². The SMILES string of the molecule is CC1CCCN(S(=O)(=O)c2cc(F)ccc2Cl)C1N. The third kappa shape index (κ3) is 2.76. The van der Waals surface area contributed by atoms with Crippen LogP contribution in [0.3, 0.4) is 0 Å². The van der Waals surface area contributed by atoms with Gasteiger partial charge in [-0.05, 0) is 37.0 Å². The van der Waals surface area contributed by atoms with Gasteiger partial charge in [0.05, 0.1) is 11.2 Å². The first kappa shape index (κ1) is 14.7. The van der Waals surface area contributed by atoms with Gasteiger partial charge in [-0.2, -0.15) is 4.31 Å². The number of sulfonamides is 1. The van der Waals surface area contributed by atoms with Crippen LogP contribution >= 0.6 is 11.6 Å². The fourth-order valence-electron chi connectivity index (χ4n) is 2.25. The van der Waals surface area contributed by atoms with E-state index in [4.69, 9.17) is 17.3 Å². The Kier molecular flexibility index (Phi) is 4.15. The highest BCUT2D eigenvalue weighted by atomic mass is 35.5. The lowest BCUT2D eigenvalue weighted by atomic mass is 9.99. The fraction of sp³-hybridized carbons (Fsp3) is 0.500. The maximum Gasteiger partial charge on any atom is 0.246 e. The molecule has 0 amide bonds. The Morgan fingerprint density at radius 1 is 1.47 bits per heavy atom. The van der Waals surface area contributed by atoms with Gasteiger partial charge in [-0.1, -0.05) is 18.5 Å². The molecule has 1 aliphatic rings. The summed E-state index contributed by atoms with van der Waals surface area (Å²) in [5.41, 5.74) is 5.94. The molecule has 7 heteroatoms. The van der Waals surface area contributed by atoms with Gasteiger partial charge in [-0.3, -0.25) is 0 Å². The van der Waals surface area contributed by atoms with Gasteiger partial charge >= 0.3 is 0 Å². The molecule has 0 spiro atoms. The molecule has 0 radical (unpaired) electrons. The van der Waals surface area contributed by atoms with Crippen molar-refractivity contribution >= 4 is 21.6 Å². The summed E-state index contributed by atoms with van der Waals surface area (Å²) < 4.78 is 39.5. The second kappa shape index (κ2) is 5.36. The van der Waals surface area contributed by atoms with Crippen molar-refractivity contribution in [2.75, 3.05) is 6.54 Å². The van der Waals surface area contributed by atoms with Gasteiger partial charge < -0.3 is 5.73 Å². The van der Waals surface area contributed by atoms with E-state index in [2.05, 4.69) is 0 Å². The average Bonchev–Trinajstić information content (AvgIpc) is 2.35. The highest BCUT2D eigenvalue weighted by Gasteiger charge is 2.36. The molecule has 0 aliphatic carbocycles. The fourth-order valence-corrected chi connectivity index (χ4v) is 4.39. The van der Waals surface area contributed by atoms with Crippen LogP contribution in [0.4, 0.5) is 4.39 Å². The number of nitrogens with zero attached hydrogens (tertiary/aromatic N) is 1. The van der Waals surface area contributed by atoms with Crippen molar-refractivity contribution in [2.45, 2.75) is 30.8 Å². The van der Waals surface area contributed by atoms with Crippen LogP contribution in [0.5, 0.6) is 0 Å². The molecule has 4 nitrogen and oxygen atoms in total. The van der Waals surface area contributed by atoms with E-state index < -0.39 is 22.0 Å². The smallest absolute Gasteiger partial charge is 0.246 e. The van der Waals surface area contributed by atoms with Crippen molar-refractivity contribution in [2.24, 2.45) is 11.7 Å². The molecule has 2 rings (SSSR count).